The average Bonchev–Trinajstić information content (AvgIpc) is 2.68. The summed E-state index contributed by atoms with van der Waals surface area (Å²) in [5.74, 6) is 2.40. The maximum Gasteiger partial charge on any atom is 0.175 e. The van der Waals surface area contributed by atoms with Crippen LogP contribution < -0.4 is 9.64 Å². The number of piperidine rings is 1. The highest BCUT2D eigenvalue weighted by Gasteiger charge is 2.24. The molecular weight excluding hydrogens is 379 g/mol. The molecule has 0 radical (unpaired) electrons. The minimum absolute atomic E-state index is 0.302. The summed E-state index contributed by atoms with van der Waals surface area (Å²) >= 11 is 0. The SMILES string of the molecule is CC(CCOc1ccc(S(C)(=O)=O)cc1)C1CCN(c2ccc(F)cn2)CC1. The summed E-state index contributed by atoms with van der Waals surface area (Å²) in [6.45, 7) is 4.73. The molecule has 1 atom stereocenters. The Morgan fingerprint density at radius 3 is 2.43 bits per heavy atom. The molecule has 7 heteroatoms. The molecule has 2 heterocycles. The van der Waals surface area contributed by atoms with Crippen LogP contribution in [0.5, 0.6) is 5.75 Å². The molecule has 1 aliphatic heterocycles. The maximum absolute atomic E-state index is 13.0. The van der Waals surface area contributed by atoms with E-state index in [9.17, 15) is 12.8 Å². The number of benzene rings is 1. The van der Waals surface area contributed by atoms with E-state index in [0.717, 1.165) is 38.2 Å². The fraction of sp³-hybridized carbons (Fsp3) is 0.476. The minimum atomic E-state index is -3.18. The number of anilines is 1. The number of halogens is 1. The van der Waals surface area contributed by atoms with Crippen molar-refractivity contribution in [2.45, 2.75) is 31.1 Å². The standard InChI is InChI=1S/C21H27FN2O3S/c1-16(11-14-27-19-4-6-20(7-5-19)28(2,25)26)17-9-12-24(13-10-17)21-8-3-18(22)15-23-21/h3-8,15-17H,9-14H2,1-2H3. The van der Waals surface area contributed by atoms with Crippen LogP contribution in [0.3, 0.4) is 0 Å². The smallest absolute Gasteiger partial charge is 0.175 e. The van der Waals surface area contributed by atoms with E-state index in [2.05, 4.69) is 16.8 Å². The fourth-order valence-electron chi connectivity index (χ4n) is 3.63. The molecule has 0 amide bonds. The predicted octanol–water partition coefficient (Wildman–Crippen LogP) is 3.95. The van der Waals surface area contributed by atoms with Gasteiger partial charge in [-0.3, -0.25) is 0 Å². The second-order valence-electron chi connectivity index (χ2n) is 7.52. The number of hydrogen-bond donors (Lipinski definition) is 0. The van der Waals surface area contributed by atoms with Crippen LogP contribution in [0.4, 0.5) is 10.2 Å². The summed E-state index contributed by atoms with van der Waals surface area (Å²) in [7, 11) is -3.18. The van der Waals surface area contributed by atoms with Gasteiger partial charge in [0.2, 0.25) is 0 Å². The average molecular weight is 407 g/mol. The van der Waals surface area contributed by atoms with Gasteiger partial charge in [0, 0.05) is 19.3 Å². The highest BCUT2D eigenvalue weighted by molar-refractivity contribution is 7.90. The van der Waals surface area contributed by atoms with Crippen molar-refractivity contribution in [3.63, 3.8) is 0 Å². The molecule has 0 aliphatic carbocycles. The number of aromatic nitrogens is 1. The second kappa shape index (κ2) is 8.90. The van der Waals surface area contributed by atoms with Crippen LogP contribution in [0, 0.1) is 17.7 Å². The van der Waals surface area contributed by atoms with Crippen LogP contribution >= 0.6 is 0 Å². The van der Waals surface area contributed by atoms with Crippen molar-refractivity contribution in [1.82, 2.24) is 4.98 Å². The first-order chi connectivity index (χ1) is 13.3. The lowest BCUT2D eigenvalue weighted by Gasteiger charge is -2.35. The lowest BCUT2D eigenvalue weighted by Crippen LogP contribution is -2.36. The van der Waals surface area contributed by atoms with Gasteiger partial charge in [-0.25, -0.2) is 17.8 Å². The fourth-order valence-corrected chi connectivity index (χ4v) is 4.26. The van der Waals surface area contributed by atoms with E-state index in [4.69, 9.17) is 4.74 Å². The third-order valence-corrected chi connectivity index (χ3v) is 6.60. The zero-order chi connectivity index (χ0) is 20.1. The number of ether oxygens (including phenoxy) is 1. The van der Waals surface area contributed by atoms with E-state index in [1.807, 2.05) is 0 Å². The summed E-state index contributed by atoms with van der Waals surface area (Å²) in [5, 5.41) is 0. The van der Waals surface area contributed by atoms with Gasteiger partial charge in [-0.15, -0.1) is 0 Å². The van der Waals surface area contributed by atoms with Crippen LogP contribution in [0.1, 0.15) is 26.2 Å². The van der Waals surface area contributed by atoms with Gasteiger partial charge >= 0.3 is 0 Å². The van der Waals surface area contributed by atoms with Crippen molar-refractivity contribution in [2.24, 2.45) is 11.8 Å². The molecule has 1 saturated heterocycles. The molecule has 0 spiro atoms. The van der Waals surface area contributed by atoms with Crippen LogP contribution in [-0.4, -0.2) is 39.4 Å². The summed E-state index contributed by atoms with van der Waals surface area (Å²) in [6.07, 6.45) is 5.59. The van der Waals surface area contributed by atoms with Crippen LogP contribution in [0.25, 0.3) is 0 Å². The molecule has 3 rings (SSSR count). The quantitative estimate of drug-likeness (QED) is 0.697. The Bertz CT molecular complexity index is 862. The number of nitrogens with zero attached hydrogens (tertiary/aromatic N) is 2. The van der Waals surface area contributed by atoms with Crippen molar-refractivity contribution in [3.05, 3.63) is 48.4 Å². The van der Waals surface area contributed by atoms with Gasteiger partial charge < -0.3 is 9.64 Å². The number of rotatable bonds is 7. The molecule has 2 aromatic rings. The molecular formula is C21H27FN2O3S. The summed E-state index contributed by atoms with van der Waals surface area (Å²) < 4.78 is 41.8. The Balaban J connectivity index is 1.42. The number of sulfone groups is 1. The highest BCUT2D eigenvalue weighted by Crippen LogP contribution is 2.29. The molecule has 1 unspecified atom stereocenters. The van der Waals surface area contributed by atoms with Gasteiger partial charge in [-0.2, -0.15) is 0 Å². The monoisotopic (exact) mass is 406 g/mol. The van der Waals surface area contributed by atoms with Crippen molar-refractivity contribution < 1.29 is 17.5 Å². The molecule has 1 aromatic heterocycles. The topological polar surface area (TPSA) is 59.5 Å². The molecule has 1 aliphatic rings. The minimum Gasteiger partial charge on any atom is -0.494 e. The summed E-state index contributed by atoms with van der Waals surface area (Å²) in [5.41, 5.74) is 0. The van der Waals surface area contributed by atoms with E-state index >= 15 is 0 Å². The Hall–Kier alpha value is -2.15. The lowest BCUT2D eigenvalue weighted by molar-refractivity contribution is 0.223. The van der Waals surface area contributed by atoms with Gasteiger partial charge in [-0.1, -0.05) is 6.92 Å². The van der Waals surface area contributed by atoms with E-state index < -0.39 is 9.84 Å². The van der Waals surface area contributed by atoms with Gasteiger partial charge in [-0.05, 0) is 67.5 Å². The zero-order valence-corrected chi connectivity index (χ0v) is 17.2. The largest absolute Gasteiger partial charge is 0.494 e. The van der Waals surface area contributed by atoms with Crippen LogP contribution in [0.2, 0.25) is 0 Å². The Morgan fingerprint density at radius 2 is 1.86 bits per heavy atom. The number of pyridine rings is 1. The normalized spacial score (nSPS) is 16.8. The highest BCUT2D eigenvalue weighted by atomic mass is 32.2. The van der Waals surface area contributed by atoms with Gasteiger partial charge in [0.1, 0.15) is 17.4 Å². The Morgan fingerprint density at radius 1 is 1.18 bits per heavy atom. The molecule has 0 N–H and O–H groups in total. The van der Waals surface area contributed by atoms with E-state index in [0.29, 0.717) is 29.1 Å². The first-order valence-corrected chi connectivity index (χ1v) is 11.5. The third-order valence-electron chi connectivity index (χ3n) is 5.47. The predicted molar refractivity (Wildman–Crippen MR) is 108 cm³/mol. The molecule has 1 fully saturated rings. The molecule has 5 nitrogen and oxygen atoms in total. The molecule has 0 saturated carbocycles. The molecule has 152 valence electrons. The number of hydrogen-bond acceptors (Lipinski definition) is 5. The Kier molecular flexibility index (Phi) is 6.54. The molecule has 28 heavy (non-hydrogen) atoms. The van der Waals surface area contributed by atoms with E-state index in [1.54, 1.807) is 30.3 Å². The summed E-state index contributed by atoms with van der Waals surface area (Å²) in [6, 6.07) is 9.75. The second-order valence-corrected chi connectivity index (χ2v) is 9.53. The maximum atomic E-state index is 13.0. The van der Waals surface area contributed by atoms with Crippen molar-refractivity contribution in [3.8, 4) is 5.75 Å². The summed E-state index contributed by atoms with van der Waals surface area (Å²) in [4.78, 5) is 6.68. The van der Waals surface area contributed by atoms with Gasteiger partial charge in [0.25, 0.3) is 0 Å². The Labute approximate surface area is 166 Å². The van der Waals surface area contributed by atoms with Crippen molar-refractivity contribution >= 4 is 15.7 Å². The first kappa shape index (κ1) is 20.6. The van der Waals surface area contributed by atoms with Gasteiger partial charge in [0.05, 0.1) is 17.7 Å². The lowest BCUT2D eigenvalue weighted by atomic mass is 9.84. The third kappa shape index (κ3) is 5.44. The van der Waals surface area contributed by atoms with E-state index in [1.165, 1.54) is 18.5 Å². The van der Waals surface area contributed by atoms with Crippen LogP contribution in [0.15, 0.2) is 47.5 Å². The first-order valence-electron chi connectivity index (χ1n) is 9.62. The van der Waals surface area contributed by atoms with Crippen molar-refractivity contribution in [1.29, 1.82) is 0 Å². The molecule has 0 bridgehead atoms. The van der Waals surface area contributed by atoms with Gasteiger partial charge in [0.15, 0.2) is 9.84 Å². The zero-order valence-electron chi connectivity index (χ0n) is 16.3. The van der Waals surface area contributed by atoms with Crippen LogP contribution in [-0.2, 0) is 9.84 Å². The van der Waals surface area contributed by atoms with Crippen molar-refractivity contribution in [2.75, 3.05) is 30.9 Å². The van der Waals surface area contributed by atoms with E-state index in [-0.39, 0.29) is 5.82 Å². The molecule has 1 aromatic carbocycles.